The van der Waals surface area contributed by atoms with E-state index < -0.39 is 16.4 Å². The van der Waals surface area contributed by atoms with Crippen molar-refractivity contribution in [1.29, 1.82) is 5.26 Å². The topological polar surface area (TPSA) is 100 Å². The zero-order chi connectivity index (χ0) is 18.7. The van der Waals surface area contributed by atoms with Crippen molar-refractivity contribution in [3.63, 3.8) is 0 Å². The summed E-state index contributed by atoms with van der Waals surface area (Å²) < 4.78 is 0.961. The summed E-state index contributed by atoms with van der Waals surface area (Å²) in [6.07, 6.45) is 1.51. The third-order valence-corrected chi connectivity index (χ3v) is 4.91. The van der Waals surface area contributed by atoms with Crippen molar-refractivity contribution in [2.75, 3.05) is 0 Å². The maximum atomic E-state index is 10.9. The van der Waals surface area contributed by atoms with E-state index >= 15 is 0 Å². The number of nitrogens with zero attached hydrogens (tertiary/aromatic N) is 3. The minimum absolute atomic E-state index is 0.290. The highest BCUT2D eigenvalue weighted by Gasteiger charge is 2.14. The number of halogens is 1. The number of hydrogen-bond acceptors (Lipinski definition) is 6. The Morgan fingerprint density at radius 2 is 2.04 bits per heavy atom. The molecule has 0 aliphatic heterocycles. The minimum Gasteiger partial charge on any atom is -0.502 e. The smallest absolute Gasteiger partial charge is 0.311 e. The van der Waals surface area contributed by atoms with Crippen LogP contribution in [0.25, 0.3) is 22.9 Å². The van der Waals surface area contributed by atoms with Crippen LogP contribution in [0.5, 0.6) is 5.75 Å². The molecule has 0 unspecified atom stereocenters. The minimum atomic E-state index is -0.673. The molecule has 1 N–H and O–H groups in total. The number of hydrogen-bond donors (Lipinski definition) is 1. The lowest BCUT2D eigenvalue weighted by molar-refractivity contribution is -0.385. The van der Waals surface area contributed by atoms with Gasteiger partial charge in [0, 0.05) is 21.5 Å². The highest BCUT2D eigenvalue weighted by Crippen LogP contribution is 2.30. The Morgan fingerprint density at radius 1 is 1.31 bits per heavy atom. The van der Waals surface area contributed by atoms with Gasteiger partial charge < -0.3 is 5.11 Å². The van der Waals surface area contributed by atoms with Crippen LogP contribution in [0.15, 0.2) is 52.3 Å². The normalized spacial score (nSPS) is 11.2. The molecule has 0 saturated heterocycles. The van der Waals surface area contributed by atoms with Gasteiger partial charge in [-0.3, -0.25) is 10.1 Å². The molecule has 2 aromatic carbocycles. The molecular weight excluding hydrogens is 418 g/mol. The van der Waals surface area contributed by atoms with Gasteiger partial charge in [0.2, 0.25) is 0 Å². The van der Waals surface area contributed by atoms with Gasteiger partial charge in [-0.15, -0.1) is 11.3 Å². The van der Waals surface area contributed by atoms with E-state index in [2.05, 4.69) is 27.0 Å². The Morgan fingerprint density at radius 3 is 2.69 bits per heavy atom. The second-order valence-electron chi connectivity index (χ2n) is 5.22. The average Bonchev–Trinajstić information content (AvgIpc) is 3.11. The lowest BCUT2D eigenvalue weighted by Crippen LogP contribution is -1.89. The van der Waals surface area contributed by atoms with Crippen molar-refractivity contribution in [2.45, 2.75) is 0 Å². The fraction of sp³-hybridized carbons (Fsp3) is 0. The Bertz CT molecular complexity index is 1050. The Hall–Kier alpha value is -3.02. The van der Waals surface area contributed by atoms with E-state index in [0.29, 0.717) is 16.1 Å². The van der Waals surface area contributed by atoms with Gasteiger partial charge in [0.25, 0.3) is 0 Å². The van der Waals surface area contributed by atoms with Gasteiger partial charge in [-0.1, -0.05) is 34.1 Å². The monoisotopic (exact) mass is 427 g/mol. The van der Waals surface area contributed by atoms with Crippen molar-refractivity contribution in [3.8, 4) is 23.1 Å². The highest BCUT2D eigenvalue weighted by atomic mass is 79.9. The molecule has 0 aliphatic carbocycles. The Balaban J connectivity index is 1.96. The van der Waals surface area contributed by atoms with Gasteiger partial charge >= 0.3 is 5.69 Å². The van der Waals surface area contributed by atoms with Crippen molar-refractivity contribution in [2.24, 2.45) is 0 Å². The van der Waals surface area contributed by atoms with Gasteiger partial charge in [-0.05, 0) is 29.8 Å². The van der Waals surface area contributed by atoms with Crippen LogP contribution in [-0.4, -0.2) is 15.0 Å². The molecule has 3 rings (SSSR count). The Labute approximate surface area is 161 Å². The highest BCUT2D eigenvalue weighted by molar-refractivity contribution is 9.10. The van der Waals surface area contributed by atoms with E-state index in [1.165, 1.54) is 35.6 Å². The summed E-state index contributed by atoms with van der Waals surface area (Å²) in [4.78, 5) is 14.7. The number of thiazole rings is 1. The van der Waals surface area contributed by atoms with E-state index in [-0.39, 0.29) is 0 Å². The second kappa shape index (κ2) is 7.47. The van der Waals surface area contributed by atoms with Crippen LogP contribution < -0.4 is 0 Å². The zero-order valence-electron chi connectivity index (χ0n) is 13.1. The molecular formula is C18H10BrN3O3S. The fourth-order valence-electron chi connectivity index (χ4n) is 2.24. The summed E-state index contributed by atoms with van der Waals surface area (Å²) >= 11 is 4.70. The zero-order valence-corrected chi connectivity index (χ0v) is 15.5. The lowest BCUT2D eigenvalue weighted by Gasteiger charge is -1.99. The number of phenolic OH excluding ortho intramolecular Hbond substituents is 1. The number of rotatable bonds is 4. The predicted molar refractivity (Wildman–Crippen MR) is 103 cm³/mol. The summed E-state index contributed by atoms with van der Waals surface area (Å²) in [5, 5.41) is 32.3. The molecule has 0 fully saturated rings. The van der Waals surface area contributed by atoms with Crippen LogP contribution in [0, 0.1) is 21.4 Å². The molecule has 0 spiro atoms. The number of phenols is 1. The van der Waals surface area contributed by atoms with Crippen molar-refractivity contribution in [1.82, 2.24) is 4.98 Å². The van der Waals surface area contributed by atoms with Gasteiger partial charge in [-0.25, -0.2) is 4.98 Å². The fourth-order valence-corrected chi connectivity index (χ4v) is 3.29. The largest absolute Gasteiger partial charge is 0.502 e. The molecule has 26 heavy (non-hydrogen) atoms. The molecule has 0 saturated carbocycles. The third kappa shape index (κ3) is 3.79. The van der Waals surface area contributed by atoms with Crippen LogP contribution in [0.3, 0.4) is 0 Å². The molecule has 0 atom stereocenters. The van der Waals surface area contributed by atoms with E-state index in [4.69, 9.17) is 0 Å². The number of nitro groups is 1. The van der Waals surface area contributed by atoms with Crippen LogP contribution in [0.4, 0.5) is 5.69 Å². The van der Waals surface area contributed by atoms with E-state index in [0.717, 1.165) is 15.7 Å². The molecule has 6 nitrogen and oxygen atoms in total. The molecule has 1 aromatic heterocycles. The van der Waals surface area contributed by atoms with Crippen molar-refractivity contribution >= 4 is 44.6 Å². The second-order valence-corrected chi connectivity index (χ2v) is 6.99. The Kier molecular flexibility index (Phi) is 5.11. The number of benzene rings is 2. The average molecular weight is 428 g/mol. The first-order chi connectivity index (χ1) is 12.5. The van der Waals surface area contributed by atoms with E-state index in [1.807, 2.05) is 29.6 Å². The SMILES string of the molecule is N#C/C(=C/c1ccc(O)c([N+](=O)[O-])c1)c1nc(-c2ccc(Br)cc2)cs1. The van der Waals surface area contributed by atoms with Gasteiger partial charge in [0.1, 0.15) is 11.1 Å². The maximum Gasteiger partial charge on any atom is 0.311 e. The number of nitro benzene ring substituents is 1. The van der Waals surface area contributed by atoms with Crippen LogP contribution in [-0.2, 0) is 0 Å². The molecule has 0 aliphatic rings. The third-order valence-electron chi connectivity index (χ3n) is 3.50. The van der Waals surface area contributed by atoms with Crippen LogP contribution in [0.2, 0.25) is 0 Å². The van der Waals surface area contributed by atoms with Crippen molar-refractivity contribution < 1.29 is 10.0 Å². The number of nitriles is 1. The molecule has 0 bridgehead atoms. The molecule has 128 valence electrons. The maximum absolute atomic E-state index is 10.9. The number of allylic oxidation sites excluding steroid dienone is 1. The van der Waals surface area contributed by atoms with Gasteiger partial charge in [-0.2, -0.15) is 5.26 Å². The summed E-state index contributed by atoms with van der Waals surface area (Å²) in [6.45, 7) is 0. The summed E-state index contributed by atoms with van der Waals surface area (Å²) in [5.74, 6) is -0.419. The quantitative estimate of drug-likeness (QED) is 0.348. The van der Waals surface area contributed by atoms with Crippen LogP contribution in [0.1, 0.15) is 10.6 Å². The first-order valence-electron chi connectivity index (χ1n) is 7.29. The van der Waals surface area contributed by atoms with Crippen molar-refractivity contribution in [3.05, 3.63) is 73.0 Å². The molecule has 0 amide bonds. The first-order valence-corrected chi connectivity index (χ1v) is 8.96. The van der Waals surface area contributed by atoms with E-state index in [9.17, 15) is 20.5 Å². The number of aromatic hydroxyl groups is 1. The van der Waals surface area contributed by atoms with Gasteiger partial charge in [0.15, 0.2) is 5.75 Å². The lowest BCUT2D eigenvalue weighted by atomic mass is 10.1. The summed E-state index contributed by atoms with van der Waals surface area (Å²) in [5.41, 5.74) is 1.99. The van der Waals surface area contributed by atoms with Gasteiger partial charge in [0.05, 0.1) is 16.2 Å². The summed E-state index contributed by atoms with van der Waals surface area (Å²) in [6, 6.07) is 13.7. The number of aromatic nitrogens is 1. The molecule has 0 radical (unpaired) electrons. The molecule has 8 heteroatoms. The summed E-state index contributed by atoms with van der Waals surface area (Å²) in [7, 11) is 0. The van der Waals surface area contributed by atoms with Crippen LogP contribution >= 0.6 is 27.3 Å². The predicted octanol–water partition coefficient (Wildman–Crippen LogP) is 5.25. The van der Waals surface area contributed by atoms with E-state index in [1.54, 1.807) is 0 Å². The molecule has 1 heterocycles. The standard InChI is InChI=1S/C18H10BrN3O3S/c19-14-4-2-12(3-5-14)15-10-26-18(21-15)13(9-20)7-11-1-6-17(23)16(8-11)22(24)25/h1-8,10,23H/b13-7-. The first kappa shape index (κ1) is 17.8. The molecule has 3 aromatic rings.